The lowest BCUT2D eigenvalue weighted by atomic mass is 10.1. The molecule has 1 atom stereocenters. The predicted molar refractivity (Wildman–Crippen MR) is 84.5 cm³/mol. The number of hydrogen-bond acceptors (Lipinski definition) is 4. The van der Waals surface area contributed by atoms with E-state index in [1.54, 1.807) is 11.3 Å². The number of nitrogens with zero attached hydrogens (tertiary/aromatic N) is 2. The van der Waals surface area contributed by atoms with Crippen molar-refractivity contribution < 1.29 is 0 Å². The van der Waals surface area contributed by atoms with Crippen LogP contribution in [-0.4, -0.2) is 16.7 Å². The van der Waals surface area contributed by atoms with Gasteiger partial charge in [0.05, 0.1) is 6.04 Å². The monoisotopic (exact) mass is 339 g/mol. The quantitative estimate of drug-likeness (QED) is 0.880. The SMILES string of the molecule is CCCNC(C)c1nnc(-c2cccc(Br)c2C)s1. The Hall–Kier alpha value is -0.780. The first-order chi connectivity index (χ1) is 9.13. The molecule has 2 rings (SSSR count). The van der Waals surface area contributed by atoms with Gasteiger partial charge in [-0.15, -0.1) is 10.2 Å². The molecule has 1 aromatic heterocycles. The van der Waals surface area contributed by atoms with Gasteiger partial charge in [0.1, 0.15) is 10.0 Å². The van der Waals surface area contributed by atoms with E-state index in [1.165, 1.54) is 5.56 Å². The van der Waals surface area contributed by atoms with Crippen molar-refractivity contribution >= 4 is 27.3 Å². The highest BCUT2D eigenvalue weighted by Gasteiger charge is 2.14. The van der Waals surface area contributed by atoms with Crippen molar-refractivity contribution in [1.82, 2.24) is 15.5 Å². The Morgan fingerprint density at radius 3 is 2.89 bits per heavy atom. The molecule has 5 heteroatoms. The Bertz CT molecular complexity index is 553. The number of hydrogen-bond donors (Lipinski definition) is 1. The van der Waals surface area contributed by atoms with Crippen LogP contribution in [0.25, 0.3) is 10.6 Å². The molecule has 19 heavy (non-hydrogen) atoms. The molecular weight excluding hydrogens is 322 g/mol. The molecule has 0 aliphatic rings. The van der Waals surface area contributed by atoms with Gasteiger partial charge in [0.2, 0.25) is 0 Å². The van der Waals surface area contributed by atoms with Crippen LogP contribution in [0, 0.1) is 6.92 Å². The molecule has 0 aliphatic carbocycles. The standard InChI is InChI=1S/C14H18BrN3S/c1-4-8-16-10(3)13-17-18-14(19-13)11-6-5-7-12(15)9(11)2/h5-7,10,16H,4,8H2,1-3H3. The van der Waals surface area contributed by atoms with Crippen LogP contribution in [0.5, 0.6) is 0 Å². The normalized spacial score (nSPS) is 12.6. The average Bonchev–Trinajstić information content (AvgIpc) is 2.88. The molecule has 2 aromatic rings. The summed E-state index contributed by atoms with van der Waals surface area (Å²) in [7, 11) is 0. The van der Waals surface area contributed by atoms with Crippen molar-refractivity contribution in [2.75, 3.05) is 6.54 Å². The lowest BCUT2D eigenvalue weighted by Crippen LogP contribution is -2.18. The first-order valence-corrected chi connectivity index (χ1v) is 8.06. The van der Waals surface area contributed by atoms with Crippen LogP contribution in [0.4, 0.5) is 0 Å². The lowest BCUT2D eigenvalue weighted by Gasteiger charge is -2.08. The van der Waals surface area contributed by atoms with E-state index in [1.807, 2.05) is 12.1 Å². The van der Waals surface area contributed by atoms with E-state index in [9.17, 15) is 0 Å². The fourth-order valence-corrected chi connectivity index (χ4v) is 3.12. The molecule has 1 N–H and O–H groups in total. The number of rotatable bonds is 5. The maximum absolute atomic E-state index is 4.33. The third kappa shape index (κ3) is 3.41. The van der Waals surface area contributed by atoms with Crippen LogP contribution in [0.15, 0.2) is 22.7 Å². The van der Waals surface area contributed by atoms with Gasteiger partial charge in [-0.25, -0.2) is 0 Å². The van der Waals surface area contributed by atoms with Crippen molar-refractivity contribution in [3.05, 3.63) is 33.2 Å². The summed E-state index contributed by atoms with van der Waals surface area (Å²) in [6, 6.07) is 6.44. The minimum Gasteiger partial charge on any atom is -0.308 e. The van der Waals surface area contributed by atoms with Gasteiger partial charge in [-0.2, -0.15) is 0 Å². The van der Waals surface area contributed by atoms with E-state index < -0.39 is 0 Å². The van der Waals surface area contributed by atoms with E-state index in [0.717, 1.165) is 33.0 Å². The highest BCUT2D eigenvalue weighted by atomic mass is 79.9. The molecule has 0 saturated heterocycles. The number of aromatic nitrogens is 2. The van der Waals surface area contributed by atoms with Gasteiger partial charge in [0.15, 0.2) is 0 Å². The van der Waals surface area contributed by atoms with Crippen LogP contribution in [0.1, 0.15) is 36.9 Å². The maximum Gasteiger partial charge on any atom is 0.148 e. The molecule has 0 aliphatic heterocycles. The number of nitrogens with one attached hydrogen (secondary N) is 1. The second-order valence-corrected chi connectivity index (χ2v) is 6.40. The second-order valence-electron chi connectivity index (χ2n) is 4.53. The smallest absolute Gasteiger partial charge is 0.148 e. The van der Waals surface area contributed by atoms with Gasteiger partial charge in [-0.1, -0.05) is 46.3 Å². The Labute approximate surface area is 126 Å². The summed E-state index contributed by atoms with van der Waals surface area (Å²) in [5, 5.41) is 14.1. The van der Waals surface area contributed by atoms with Gasteiger partial charge in [-0.05, 0) is 38.4 Å². The zero-order valence-electron chi connectivity index (χ0n) is 11.4. The van der Waals surface area contributed by atoms with Crippen LogP contribution < -0.4 is 5.32 Å². The molecule has 0 radical (unpaired) electrons. The van der Waals surface area contributed by atoms with E-state index >= 15 is 0 Å². The molecule has 1 aromatic carbocycles. The Balaban J connectivity index is 2.23. The fourth-order valence-electron chi connectivity index (χ4n) is 1.81. The maximum atomic E-state index is 4.33. The zero-order chi connectivity index (χ0) is 13.8. The summed E-state index contributed by atoms with van der Waals surface area (Å²) >= 11 is 5.22. The number of halogens is 1. The molecule has 0 fully saturated rings. The van der Waals surface area contributed by atoms with Crippen LogP contribution in [0.3, 0.4) is 0 Å². The third-order valence-electron chi connectivity index (χ3n) is 3.01. The molecule has 0 bridgehead atoms. The highest BCUT2D eigenvalue weighted by Crippen LogP contribution is 2.32. The average molecular weight is 340 g/mol. The minimum atomic E-state index is 0.263. The van der Waals surface area contributed by atoms with Crippen molar-refractivity contribution in [2.45, 2.75) is 33.2 Å². The van der Waals surface area contributed by atoms with E-state index in [-0.39, 0.29) is 6.04 Å². The Morgan fingerprint density at radius 1 is 1.37 bits per heavy atom. The molecule has 102 valence electrons. The van der Waals surface area contributed by atoms with E-state index in [4.69, 9.17) is 0 Å². The van der Waals surface area contributed by atoms with Crippen molar-refractivity contribution in [1.29, 1.82) is 0 Å². The fraction of sp³-hybridized carbons (Fsp3) is 0.429. The van der Waals surface area contributed by atoms with Crippen molar-refractivity contribution in [2.24, 2.45) is 0 Å². The topological polar surface area (TPSA) is 37.8 Å². The second kappa shape index (κ2) is 6.59. The Kier molecular flexibility index (Phi) is 5.07. The molecule has 0 spiro atoms. The van der Waals surface area contributed by atoms with Gasteiger partial charge >= 0.3 is 0 Å². The van der Waals surface area contributed by atoms with Crippen molar-refractivity contribution in [3.63, 3.8) is 0 Å². The van der Waals surface area contributed by atoms with Gasteiger partial charge in [0.25, 0.3) is 0 Å². The summed E-state index contributed by atoms with van der Waals surface area (Å²) < 4.78 is 1.11. The predicted octanol–water partition coefficient (Wildman–Crippen LogP) is 4.34. The van der Waals surface area contributed by atoms with Crippen LogP contribution in [-0.2, 0) is 0 Å². The van der Waals surface area contributed by atoms with Gasteiger partial charge in [-0.3, -0.25) is 0 Å². The molecule has 0 saturated carbocycles. The molecule has 3 nitrogen and oxygen atoms in total. The largest absolute Gasteiger partial charge is 0.308 e. The first kappa shape index (κ1) is 14.6. The van der Waals surface area contributed by atoms with E-state index in [0.29, 0.717) is 0 Å². The van der Waals surface area contributed by atoms with Crippen molar-refractivity contribution in [3.8, 4) is 10.6 Å². The van der Waals surface area contributed by atoms with Crippen LogP contribution >= 0.6 is 27.3 Å². The summed E-state index contributed by atoms with van der Waals surface area (Å²) in [5.41, 5.74) is 2.36. The number of benzene rings is 1. The summed E-state index contributed by atoms with van der Waals surface area (Å²) in [6.07, 6.45) is 1.13. The zero-order valence-corrected chi connectivity index (χ0v) is 13.8. The third-order valence-corrected chi connectivity index (χ3v) is 5.01. The lowest BCUT2D eigenvalue weighted by molar-refractivity contribution is 0.564. The molecular formula is C14H18BrN3S. The molecule has 0 amide bonds. The summed E-state index contributed by atoms with van der Waals surface area (Å²) in [6.45, 7) is 7.40. The first-order valence-electron chi connectivity index (χ1n) is 6.45. The van der Waals surface area contributed by atoms with E-state index in [2.05, 4.69) is 58.3 Å². The Morgan fingerprint density at radius 2 is 2.16 bits per heavy atom. The van der Waals surface area contributed by atoms with Crippen LogP contribution in [0.2, 0.25) is 0 Å². The summed E-state index contributed by atoms with van der Waals surface area (Å²) in [5.74, 6) is 0. The summed E-state index contributed by atoms with van der Waals surface area (Å²) in [4.78, 5) is 0. The van der Waals surface area contributed by atoms with Gasteiger partial charge < -0.3 is 5.32 Å². The molecule has 1 unspecified atom stereocenters. The minimum absolute atomic E-state index is 0.263. The molecule has 1 heterocycles. The van der Waals surface area contributed by atoms with Gasteiger partial charge in [0, 0.05) is 10.0 Å². The highest BCUT2D eigenvalue weighted by molar-refractivity contribution is 9.10.